The lowest BCUT2D eigenvalue weighted by Gasteiger charge is -2.40. The molecule has 0 radical (unpaired) electrons. The Bertz CT molecular complexity index is 1230. The zero-order chi connectivity index (χ0) is 22.6. The molecule has 5 nitrogen and oxygen atoms in total. The molecule has 1 aliphatic heterocycles. The van der Waals surface area contributed by atoms with Gasteiger partial charge in [-0.3, -0.25) is 4.79 Å². The van der Waals surface area contributed by atoms with Crippen molar-refractivity contribution in [2.24, 2.45) is 0 Å². The summed E-state index contributed by atoms with van der Waals surface area (Å²) in [5, 5.41) is 12.0. The van der Waals surface area contributed by atoms with Crippen LogP contribution in [0.2, 0.25) is 5.02 Å². The maximum absolute atomic E-state index is 13.2. The summed E-state index contributed by atoms with van der Waals surface area (Å²) >= 11 is 7.62. The molecule has 1 aromatic heterocycles. The molecule has 1 N–H and O–H groups in total. The van der Waals surface area contributed by atoms with Crippen LogP contribution in [-0.4, -0.2) is 27.1 Å². The molecule has 0 atom stereocenters. The first-order valence-electron chi connectivity index (χ1n) is 10.1. The van der Waals surface area contributed by atoms with Crippen LogP contribution in [0.25, 0.3) is 15.8 Å². The third-order valence-corrected chi connectivity index (χ3v) is 6.58. The van der Waals surface area contributed by atoms with Crippen molar-refractivity contribution in [3.8, 4) is 10.9 Å². The van der Waals surface area contributed by atoms with Crippen LogP contribution in [0.15, 0.2) is 42.2 Å². The third kappa shape index (κ3) is 3.84. The number of carbonyl (C=O) groups is 1. The normalized spacial score (nSPS) is 17.9. The van der Waals surface area contributed by atoms with E-state index < -0.39 is 11.2 Å². The fraction of sp³-hybridized carbons (Fsp3) is 0.333. The molecule has 1 aliphatic rings. The fourth-order valence-electron chi connectivity index (χ4n) is 3.89. The van der Waals surface area contributed by atoms with Crippen molar-refractivity contribution >= 4 is 44.5 Å². The van der Waals surface area contributed by atoms with Gasteiger partial charge in [0.2, 0.25) is 0 Å². The summed E-state index contributed by atoms with van der Waals surface area (Å²) < 4.78 is 12.8. The molecular formula is C24H24ClNO4S. The van der Waals surface area contributed by atoms with Gasteiger partial charge in [-0.15, -0.1) is 0 Å². The van der Waals surface area contributed by atoms with Crippen LogP contribution < -0.4 is 4.74 Å². The first-order chi connectivity index (χ1) is 14.5. The van der Waals surface area contributed by atoms with Crippen LogP contribution in [0.1, 0.15) is 45.7 Å². The number of fused-ring (bicyclic) bond motifs is 1. The lowest BCUT2D eigenvalue weighted by Crippen LogP contribution is -2.49. The third-order valence-electron chi connectivity index (χ3n) is 5.38. The van der Waals surface area contributed by atoms with Crippen molar-refractivity contribution in [1.29, 1.82) is 0 Å². The zero-order valence-electron chi connectivity index (χ0n) is 18.1. The molecule has 0 saturated heterocycles. The van der Waals surface area contributed by atoms with Crippen molar-refractivity contribution < 1.29 is 19.4 Å². The van der Waals surface area contributed by atoms with Gasteiger partial charge < -0.3 is 14.6 Å². The molecule has 0 saturated carbocycles. The molecule has 4 rings (SSSR count). The molecule has 2 aromatic carbocycles. The van der Waals surface area contributed by atoms with Crippen molar-refractivity contribution in [1.82, 2.24) is 4.98 Å². The number of hydrogen-bond acceptors (Lipinski definition) is 6. The molecule has 0 bridgehead atoms. The number of ketones is 1. The van der Waals surface area contributed by atoms with E-state index in [-0.39, 0.29) is 17.1 Å². The molecule has 31 heavy (non-hydrogen) atoms. The number of para-hydroxylation sites is 1. The van der Waals surface area contributed by atoms with Crippen LogP contribution >= 0.6 is 22.9 Å². The number of benzene rings is 2. The monoisotopic (exact) mass is 457 g/mol. The SMILES string of the molecule is CCc1ccc(Oc2nc3c(Cl)cccc3s2)cc1C1=C(O)C(C)(C)OC(C)(C)C1=O. The maximum Gasteiger partial charge on any atom is 0.279 e. The number of nitrogens with zero attached hydrogens (tertiary/aromatic N) is 1. The van der Waals surface area contributed by atoms with Crippen molar-refractivity contribution in [3.63, 3.8) is 0 Å². The van der Waals surface area contributed by atoms with E-state index in [4.69, 9.17) is 21.1 Å². The highest BCUT2D eigenvalue weighted by Gasteiger charge is 2.47. The second-order valence-electron chi connectivity index (χ2n) is 8.52. The number of aromatic nitrogens is 1. The predicted molar refractivity (Wildman–Crippen MR) is 124 cm³/mol. The average molecular weight is 458 g/mol. The molecule has 0 amide bonds. The molecule has 2 heterocycles. The summed E-state index contributed by atoms with van der Waals surface area (Å²) in [6.45, 7) is 8.97. The topological polar surface area (TPSA) is 68.7 Å². The van der Waals surface area contributed by atoms with Gasteiger partial charge in [0.05, 0.1) is 15.3 Å². The van der Waals surface area contributed by atoms with Gasteiger partial charge in [0.1, 0.15) is 28.2 Å². The van der Waals surface area contributed by atoms with Crippen LogP contribution in [0, 0.1) is 0 Å². The smallest absolute Gasteiger partial charge is 0.279 e. The van der Waals surface area contributed by atoms with Gasteiger partial charge in [-0.25, -0.2) is 4.98 Å². The Morgan fingerprint density at radius 1 is 1.16 bits per heavy atom. The van der Waals surface area contributed by atoms with Crippen LogP contribution in [0.3, 0.4) is 0 Å². The Morgan fingerprint density at radius 3 is 2.58 bits per heavy atom. The quantitative estimate of drug-likeness (QED) is 0.470. The zero-order valence-corrected chi connectivity index (χ0v) is 19.6. The van der Waals surface area contributed by atoms with Gasteiger partial charge in [-0.05, 0) is 69.5 Å². The predicted octanol–water partition coefficient (Wildman–Crippen LogP) is 6.73. The summed E-state index contributed by atoms with van der Waals surface area (Å²) in [7, 11) is 0. The van der Waals surface area contributed by atoms with Gasteiger partial charge in [-0.1, -0.05) is 42.0 Å². The van der Waals surface area contributed by atoms with Crippen molar-refractivity contribution in [2.45, 2.75) is 52.2 Å². The number of aliphatic hydroxyl groups excluding tert-OH is 1. The summed E-state index contributed by atoms with van der Waals surface area (Å²) in [5.74, 6) is 0.191. The van der Waals surface area contributed by atoms with E-state index in [0.717, 1.165) is 10.3 Å². The summed E-state index contributed by atoms with van der Waals surface area (Å²) in [5.41, 5.74) is 0.498. The van der Waals surface area contributed by atoms with E-state index in [0.29, 0.717) is 33.5 Å². The number of thiazole rings is 1. The van der Waals surface area contributed by atoms with Gasteiger partial charge >= 0.3 is 0 Å². The number of carbonyl (C=O) groups excluding carboxylic acids is 1. The lowest BCUT2D eigenvalue weighted by atomic mass is 9.81. The largest absolute Gasteiger partial charge is 0.508 e. The summed E-state index contributed by atoms with van der Waals surface area (Å²) in [6.07, 6.45) is 0.693. The molecule has 3 aromatic rings. The lowest BCUT2D eigenvalue weighted by molar-refractivity contribution is -0.158. The fourth-order valence-corrected chi connectivity index (χ4v) is 5.03. The first kappa shape index (κ1) is 21.8. The Hall–Kier alpha value is -2.41. The Morgan fingerprint density at radius 2 is 1.90 bits per heavy atom. The van der Waals surface area contributed by atoms with E-state index in [1.54, 1.807) is 39.8 Å². The Kier molecular flexibility index (Phi) is 5.36. The molecule has 0 fully saturated rings. The number of hydrogen-bond donors (Lipinski definition) is 1. The second kappa shape index (κ2) is 7.62. The average Bonchev–Trinajstić information content (AvgIpc) is 3.10. The molecular weight excluding hydrogens is 434 g/mol. The number of aliphatic hydroxyl groups is 1. The highest BCUT2D eigenvalue weighted by Crippen LogP contribution is 2.42. The number of halogens is 1. The minimum Gasteiger partial charge on any atom is -0.508 e. The van der Waals surface area contributed by atoms with Crippen LogP contribution in [-0.2, 0) is 16.0 Å². The second-order valence-corrected chi connectivity index (χ2v) is 9.92. The minimum atomic E-state index is -1.06. The van der Waals surface area contributed by atoms with Gasteiger partial charge in [0, 0.05) is 0 Å². The maximum atomic E-state index is 13.2. The van der Waals surface area contributed by atoms with E-state index >= 15 is 0 Å². The van der Waals surface area contributed by atoms with E-state index in [1.807, 2.05) is 31.2 Å². The van der Waals surface area contributed by atoms with Crippen molar-refractivity contribution in [3.05, 3.63) is 58.3 Å². The number of rotatable bonds is 4. The highest BCUT2D eigenvalue weighted by atomic mass is 35.5. The number of ether oxygens (including phenoxy) is 2. The van der Waals surface area contributed by atoms with E-state index in [2.05, 4.69) is 4.98 Å². The van der Waals surface area contributed by atoms with Crippen LogP contribution in [0.4, 0.5) is 0 Å². The van der Waals surface area contributed by atoms with Gasteiger partial charge in [0.15, 0.2) is 5.78 Å². The Labute approximate surface area is 190 Å². The standard InChI is InChI=1S/C24H24ClNO4S/c1-6-13-10-11-14(29-22-26-19-16(25)8-7-9-17(19)31-22)12-15(13)18-20(27)23(2,3)30-24(4,5)21(18)28/h7-12,27H,6H2,1-5H3. The first-order valence-corrected chi connectivity index (χ1v) is 11.3. The molecule has 0 aliphatic carbocycles. The van der Waals surface area contributed by atoms with Crippen molar-refractivity contribution in [2.75, 3.05) is 0 Å². The molecule has 7 heteroatoms. The Balaban J connectivity index is 1.81. The molecule has 0 unspecified atom stereocenters. The van der Waals surface area contributed by atoms with E-state index in [9.17, 15) is 9.90 Å². The summed E-state index contributed by atoms with van der Waals surface area (Å²) in [6, 6.07) is 11.1. The highest BCUT2D eigenvalue weighted by molar-refractivity contribution is 7.20. The number of aryl methyl sites for hydroxylation is 1. The van der Waals surface area contributed by atoms with E-state index in [1.165, 1.54) is 11.3 Å². The molecule has 162 valence electrons. The van der Waals surface area contributed by atoms with Gasteiger partial charge in [0.25, 0.3) is 5.19 Å². The number of Topliss-reactive ketones (excluding diaryl/α,β-unsaturated/α-hetero) is 1. The summed E-state index contributed by atoms with van der Waals surface area (Å²) in [4.78, 5) is 17.7. The minimum absolute atomic E-state index is 0.0737. The molecule has 0 spiro atoms. The van der Waals surface area contributed by atoms with Gasteiger partial charge in [-0.2, -0.15) is 0 Å². The van der Waals surface area contributed by atoms with Crippen LogP contribution in [0.5, 0.6) is 10.9 Å².